The molecule has 3 aromatic rings. The number of hydrogen-bond donors (Lipinski definition) is 3. The van der Waals surface area contributed by atoms with Gasteiger partial charge in [-0.05, 0) is 12.5 Å². The van der Waals surface area contributed by atoms with Gasteiger partial charge >= 0.3 is 6.03 Å². The lowest BCUT2D eigenvalue weighted by Crippen LogP contribution is -2.31. The molecular weight excluding hydrogens is 321 g/mol. The number of carbonyl (C=O) groups is 1. The number of H-pyrrole nitrogens is 1. The van der Waals surface area contributed by atoms with E-state index in [2.05, 4.69) is 25.8 Å². The zero-order chi connectivity index (χ0) is 16.4. The maximum atomic E-state index is 14.3. The third-order valence-electron chi connectivity index (χ3n) is 3.39. The van der Waals surface area contributed by atoms with Crippen molar-refractivity contribution in [2.24, 2.45) is 0 Å². The molecule has 0 fully saturated rings. The Balaban J connectivity index is 1.74. The molecule has 0 aliphatic rings. The van der Waals surface area contributed by atoms with Gasteiger partial charge in [0.25, 0.3) is 0 Å². The maximum absolute atomic E-state index is 14.3. The molecule has 2 heterocycles. The number of aromatic nitrogens is 3. The molecule has 23 heavy (non-hydrogen) atoms. The van der Waals surface area contributed by atoms with Gasteiger partial charge in [-0.3, -0.25) is 10.4 Å². The monoisotopic (exact) mass is 333 g/mol. The normalized spacial score (nSPS) is 12.1. The minimum Gasteiger partial charge on any atom is -0.331 e. The molecule has 0 spiro atoms. The van der Waals surface area contributed by atoms with Crippen LogP contribution >= 0.6 is 11.6 Å². The average Bonchev–Trinajstić information content (AvgIpc) is 2.93. The van der Waals surface area contributed by atoms with Gasteiger partial charge in [-0.2, -0.15) is 5.10 Å². The molecule has 0 saturated heterocycles. The van der Waals surface area contributed by atoms with Crippen molar-refractivity contribution < 1.29 is 9.18 Å². The van der Waals surface area contributed by atoms with E-state index in [1.54, 1.807) is 0 Å². The number of benzene rings is 1. The predicted molar refractivity (Wildman–Crippen MR) is 85.9 cm³/mol. The highest BCUT2D eigenvalue weighted by Crippen LogP contribution is 2.25. The molecule has 0 aliphatic carbocycles. The number of amides is 2. The lowest BCUT2D eigenvalue weighted by Gasteiger charge is -2.15. The van der Waals surface area contributed by atoms with Crippen molar-refractivity contribution in [1.82, 2.24) is 20.5 Å². The summed E-state index contributed by atoms with van der Waals surface area (Å²) < 4.78 is 14.3. The van der Waals surface area contributed by atoms with Gasteiger partial charge < -0.3 is 5.32 Å². The second kappa shape index (κ2) is 6.21. The molecule has 3 rings (SSSR count). The van der Waals surface area contributed by atoms with E-state index >= 15 is 0 Å². The Kier molecular flexibility index (Phi) is 4.12. The van der Waals surface area contributed by atoms with Crippen molar-refractivity contribution in [2.75, 3.05) is 5.32 Å². The summed E-state index contributed by atoms with van der Waals surface area (Å²) in [4.78, 5) is 15.9. The molecule has 0 aliphatic heterocycles. The number of nitrogens with one attached hydrogen (secondary N) is 3. The summed E-state index contributed by atoms with van der Waals surface area (Å²) in [5.41, 5.74) is 1.03. The Morgan fingerprint density at radius 2 is 2.09 bits per heavy atom. The lowest BCUT2D eigenvalue weighted by molar-refractivity contribution is 0.249. The number of nitrogens with zero attached hydrogens (tertiary/aromatic N) is 2. The molecule has 6 nitrogen and oxygen atoms in total. The molecule has 2 aromatic heterocycles. The molecule has 3 N–H and O–H groups in total. The number of fused-ring (bicyclic) bond motifs is 1. The minimum atomic E-state index is -0.718. The maximum Gasteiger partial charge on any atom is 0.320 e. The largest absolute Gasteiger partial charge is 0.331 e. The van der Waals surface area contributed by atoms with E-state index in [9.17, 15) is 9.18 Å². The van der Waals surface area contributed by atoms with Crippen molar-refractivity contribution in [3.05, 3.63) is 53.1 Å². The molecule has 0 bridgehead atoms. The van der Waals surface area contributed by atoms with Crippen LogP contribution in [-0.2, 0) is 0 Å². The van der Waals surface area contributed by atoms with Gasteiger partial charge in [0.2, 0.25) is 0 Å². The van der Waals surface area contributed by atoms with Gasteiger partial charge in [0.15, 0.2) is 16.8 Å². The van der Waals surface area contributed by atoms with Crippen LogP contribution in [0.2, 0.25) is 5.15 Å². The van der Waals surface area contributed by atoms with Crippen LogP contribution in [0.1, 0.15) is 18.5 Å². The number of hydrogen-bond acceptors (Lipinski definition) is 3. The summed E-state index contributed by atoms with van der Waals surface area (Å²) in [6.45, 7) is 1.83. The predicted octanol–water partition coefficient (Wildman–Crippen LogP) is 3.63. The number of aromatic amines is 1. The fourth-order valence-corrected chi connectivity index (χ4v) is 2.36. The standard InChI is InChI=1S/C15H13ClFN5O/c1-8(9-5-3-2-4-6-9)19-15(23)20-14-11(17)12-10(7-18-14)13(16)22-21-12/h2-8H,1H3,(H,21,22)(H2,18,19,20,23)/t8-/m1/s1. The molecule has 0 saturated carbocycles. The third kappa shape index (κ3) is 3.09. The number of urea groups is 1. The summed E-state index contributed by atoms with van der Waals surface area (Å²) >= 11 is 5.79. The van der Waals surface area contributed by atoms with Crippen LogP contribution in [0.5, 0.6) is 0 Å². The van der Waals surface area contributed by atoms with Gasteiger partial charge in [-0.15, -0.1) is 0 Å². The van der Waals surface area contributed by atoms with E-state index in [0.29, 0.717) is 5.39 Å². The highest BCUT2D eigenvalue weighted by atomic mass is 35.5. The fraction of sp³-hybridized carbons (Fsp3) is 0.133. The van der Waals surface area contributed by atoms with Crippen LogP contribution in [0.4, 0.5) is 15.0 Å². The number of rotatable bonds is 3. The Hall–Kier alpha value is -2.67. The van der Waals surface area contributed by atoms with Gasteiger partial charge in [-0.1, -0.05) is 41.9 Å². The highest BCUT2D eigenvalue weighted by molar-refractivity contribution is 6.34. The first-order valence-electron chi connectivity index (χ1n) is 6.87. The van der Waals surface area contributed by atoms with Crippen molar-refractivity contribution in [3.63, 3.8) is 0 Å². The van der Waals surface area contributed by atoms with Gasteiger partial charge in [0.1, 0.15) is 5.52 Å². The number of carbonyl (C=O) groups excluding carboxylic acids is 1. The molecular formula is C15H13ClFN5O. The summed E-state index contributed by atoms with van der Waals surface area (Å²) in [7, 11) is 0. The Labute approximate surface area is 136 Å². The Morgan fingerprint density at radius 1 is 1.35 bits per heavy atom. The number of anilines is 1. The van der Waals surface area contributed by atoms with Crippen LogP contribution < -0.4 is 10.6 Å². The molecule has 2 amide bonds. The summed E-state index contributed by atoms with van der Waals surface area (Å²) in [6, 6.07) is 8.64. The van der Waals surface area contributed by atoms with E-state index in [0.717, 1.165) is 5.56 Å². The highest BCUT2D eigenvalue weighted by Gasteiger charge is 2.16. The summed E-state index contributed by atoms with van der Waals surface area (Å²) in [5, 5.41) is 11.7. The molecule has 0 radical (unpaired) electrons. The fourth-order valence-electron chi connectivity index (χ4n) is 2.17. The molecule has 8 heteroatoms. The quantitative estimate of drug-likeness (QED) is 0.684. The van der Waals surface area contributed by atoms with Crippen LogP contribution in [0, 0.1) is 5.82 Å². The van der Waals surface area contributed by atoms with E-state index in [1.807, 2.05) is 37.3 Å². The van der Waals surface area contributed by atoms with Gasteiger partial charge in [0.05, 0.1) is 11.4 Å². The first-order chi connectivity index (χ1) is 11.1. The van der Waals surface area contributed by atoms with Crippen LogP contribution in [-0.4, -0.2) is 21.2 Å². The topological polar surface area (TPSA) is 82.7 Å². The summed E-state index contributed by atoms with van der Waals surface area (Å²) in [5.74, 6) is -0.917. The number of halogens is 2. The van der Waals surface area contributed by atoms with E-state index in [4.69, 9.17) is 11.6 Å². The van der Waals surface area contributed by atoms with Gasteiger partial charge in [0, 0.05) is 6.20 Å². The molecule has 0 unspecified atom stereocenters. The second-order valence-electron chi connectivity index (χ2n) is 4.95. The van der Waals surface area contributed by atoms with Crippen LogP contribution in [0.3, 0.4) is 0 Å². The van der Waals surface area contributed by atoms with Gasteiger partial charge in [-0.25, -0.2) is 14.2 Å². The lowest BCUT2D eigenvalue weighted by atomic mass is 10.1. The van der Waals surface area contributed by atoms with E-state index in [-0.39, 0.29) is 22.5 Å². The first-order valence-corrected chi connectivity index (χ1v) is 7.24. The Morgan fingerprint density at radius 3 is 2.83 bits per heavy atom. The van der Waals surface area contributed by atoms with Crippen molar-refractivity contribution in [2.45, 2.75) is 13.0 Å². The van der Waals surface area contributed by atoms with E-state index in [1.165, 1.54) is 6.20 Å². The molecule has 118 valence electrons. The third-order valence-corrected chi connectivity index (χ3v) is 3.67. The van der Waals surface area contributed by atoms with Crippen LogP contribution in [0.25, 0.3) is 10.9 Å². The molecule has 1 atom stereocenters. The minimum absolute atomic E-state index is 0.0939. The smallest absolute Gasteiger partial charge is 0.320 e. The van der Waals surface area contributed by atoms with Crippen molar-refractivity contribution >= 4 is 34.4 Å². The SMILES string of the molecule is C[C@@H](NC(=O)Nc1ncc2c(Cl)n[nH]c2c1F)c1ccccc1. The number of pyridine rings is 1. The van der Waals surface area contributed by atoms with Crippen molar-refractivity contribution in [1.29, 1.82) is 0 Å². The van der Waals surface area contributed by atoms with E-state index < -0.39 is 11.8 Å². The average molecular weight is 334 g/mol. The Bertz CT molecular complexity index is 852. The van der Waals surface area contributed by atoms with Crippen molar-refractivity contribution in [3.8, 4) is 0 Å². The first kappa shape index (κ1) is 15.2. The second-order valence-corrected chi connectivity index (χ2v) is 5.31. The zero-order valence-electron chi connectivity index (χ0n) is 12.1. The van der Waals surface area contributed by atoms with Crippen LogP contribution in [0.15, 0.2) is 36.5 Å². The zero-order valence-corrected chi connectivity index (χ0v) is 12.9. The molecule has 1 aromatic carbocycles. The summed E-state index contributed by atoms with van der Waals surface area (Å²) in [6.07, 6.45) is 1.35.